The number of Topliss-reactive ketones (excluding diaryl/α,β-unsaturated/α-hetero) is 1. The van der Waals surface area contributed by atoms with Crippen LogP contribution in [0.4, 0.5) is 30.7 Å². The second-order valence-electron chi connectivity index (χ2n) is 3.37. The summed E-state index contributed by atoms with van der Waals surface area (Å²) in [5.41, 5.74) is 0. The van der Waals surface area contributed by atoms with Crippen LogP contribution in [0.5, 0.6) is 5.06 Å². The number of halogens is 7. The molecule has 0 spiro atoms. The van der Waals surface area contributed by atoms with E-state index in [0.29, 0.717) is 6.07 Å². The lowest BCUT2D eigenvalue weighted by Crippen LogP contribution is -2.57. The topological polar surface area (TPSA) is 26.3 Å². The number of hydrogen-bond donors (Lipinski definition) is 0. The number of ketones is 1. The Morgan fingerprint density at radius 1 is 1.05 bits per heavy atom. The van der Waals surface area contributed by atoms with Crippen LogP contribution in [0, 0.1) is 0 Å². The van der Waals surface area contributed by atoms with Crippen LogP contribution in [0.15, 0.2) is 12.1 Å². The van der Waals surface area contributed by atoms with E-state index in [4.69, 9.17) is 0 Å². The number of ether oxygens (including phenoxy) is 1. The Hall–Kier alpha value is -1.32. The van der Waals surface area contributed by atoms with Crippen LogP contribution in [0.25, 0.3) is 0 Å². The molecule has 0 radical (unpaired) electrons. The van der Waals surface area contributed by atoms with Crippen LogP contribution in [-0.2, 0) is 0 Å². The SMILES string of the molecule is CC(=O)c1ccc(OC(F)(C(F)(F)F)C(F)(F)F)s1. The number of hydrogen-bond acceptors (Lipinski definition) is 3. The third-order valence-corrected chi connectivity index (χ3v) is 2.96. The molecule has 0 aliphatic rings. The number of rotatable bonds is 3. The number of carbonyl (C=O) groups excluding carboxylic acids is 1. The van der Waals surface area contributed by atoms with Crippen LogP contribution in [-0.4, -0.2) is 24.0 Å². The molecule has 1 heterocycles. The molecule has 2 nitrogen and oxygen atoms in total. The minimum atomic E-state index is -6.30. The van der Waals surface area contributed by atoms with Crippen molar-refractivity contribution in [3.8, 4) is 5.06 Å². The Bertz CT molecular complexity index is 460. The van der Waals surface area contributed by atoms with Crippen LogP contribution in [0.2, 0.25) is 0 Å². The summed E-state index contributed by atoms with van der Waals surface area (Å²) in [5, 5.41) is -0.998. The molecule has 0 aliphatic carbocycles. The van der Waals surface area contributed by atoms with Crippen molar-refractivity contribution in [1.82, 2.24) is 0 Å². The Morgan fingerprint density at radius 3 is 1.84 bits per heavy atom. The third kappa shape index (κ3) is 2.99. The lowest BCUT2D eigenvalue weighted by atomic mass is 10.3. The van der Waals surface area contributed by atoms with Gasteiger partial charge in [-0.2, -0.15) is 30.7 Å². The molecule has 0 atom stereocenters. The first-order chi connectivity index (χ1) is 8.38. The Kier molecular flexibility index (Phi) is 3.86. The van der Waals surface area contributed by atoms with Crippen molar-refractivity contribution in [3.63, 3.8) is 0 Å². The highest BCUT2D eigenvalue weighted by molar-refractivity contribution is 7.15. The van der Waals surface area contributed by atoms with Gasteiger partial charge in [0.05, 0.1) is 4.88 Å². The first-order valence-electron chi connectivity index (χ1n) is 4.50. The summed E-state index contributed by atoms with van der Waals surface area (Å²) in [6.07, 6.45) is -12.6. The van der Waals surface area contributed by atoms with Crippen molar-refractivity contribution < 1.29 is 40.3 Å². The highest BCUT2D eigenvalue weighted by Gasteiger charge is 2.76. The van der Waals surface area contributed by atoms with Gasteiger partial charge in [-0.15, -0.1) is 0 Å². The van der Waals surface area contributed by atoms with Gasteiger partial charge in [-0.05, 0) is 19.1 Å². The van der Waals surface area contributed by atoms with Gasteiger partial charge >= 0.3 is 18.2 Å². The molecule has 0 aliphatic heterocycles. The van der Waals surface area contributed by atoms with Gasteiger partial charge in [-0.1, -0.05) is 11.3 Å². The number of carbonyl (C=O) groups is 1. The minimum absolute atomic E-state index is 0.151. The van der Waals surface area contributed by atoms with Crippen LogP contribution < -0.4 is 4.74 Å². The van der Waals surface area contributed by atoms with E-state index >= 15 is 0 Å². The van der Waals surface area contributed by atoms with E-state index in [2.05, 4.69) is 4.74 Å². The lowest BCUT2D eigenvalue weighted by molar-refractivity contribution is -0.405. The highest BCUT2D eigenvalue weighted by Crippen LogP contribution is 2.48. The second kappa shape index (κ2) is 4.66. The largest absolute Gasteiger partial charge is 0.470 e. The smallest absolute Gasteiger partial charge is 0.434 e. The molecule has 0 N–H and O–H groups in total. The van der Waals surface area contributed by atoms with E-state index < -0.39 is 29.1 Å². The van der Waals surface area contributed by atoms with Gasteiger partial charge in [-0.25, -0.2) is 0 Å². The molecule has 0 saturated carbocycles. The zero-order valence-electron chi connectivity index (χ0n) is 9.03. The molecule has 0 unspecified atom stereocenters. The highest BCUT2D eigenvalue weighted by atomic mass is 32.1. The Labute approximate surface area is 105 Å². The van der Waals surface area contributed by atoms with Gasteiger partial charge in [-0.3, -0.25) is 4.79 Å². The first-order valence-corrected chi connectivity index (χ1v) is 5.32. The average Bonchev–Trinajstić information content (AvgIpc) is 2.62. The summed E-state index contributed by atoms with van der Waals surface area (Å²) < 4.78 is 89.6. The summed E-state index contributed by atoms with van der Waals surface area (Å²) in [4.78, 5) is 10.7. The minimum Gasteiger partial charge on any atom is -0.434 e. The molecule has 108 valence electrons. The van der Waals surface area contributed by atoms with Crippen molar-refractivity contribution in [1.29, 1.82) is 0 Å². The van der Waals surface area contributed by atoms with E-state index in [9.17, 15) is 35.5 Å². The summed E-state index contributed by atoms with van der Waals surface area (Å²) >= 11 is 0.188. The molecule has 1 aromatic heterocycles. The molecule has 1 rings (SSSR count). The normalized spacial score (nSPS) is 13.5. The predicted molar refractivity (Wildman–Crippen MR) is 50.9 cm³/mol. The maximum atomic E-state index is 13.2. The first kappa shape index (κ1) is 15.7. The second-order valence-corrected chi connectivity index (χ2v) is 4.41. The number of thiophene rings is 1. The Balaban J connectivity index is 3.12. The summed E-state index contributed by atoms with van der Waals surface area (Å²) in [5.74, 6) is -6.41. The fourth-order valence-corrected chi connectivity index (χ4v) is 1.77. The van der Waals surface area contributed by atoms with Crippen LogP contribution in [0.1, 0.15) is 16.6 Å². The molecule has 19 heavy (non-hydrogen) atoms. The average molecular weight is 310 g/mol. The quantitative estimate of drug-likeness (QED) is 0.620. The van der Waals surface area contributed by atoms with Crippen molar-refractivity contribution in [2.24, 2.45) is 0 Å². The Morgan fingerprint density at radius 2 is 1.53 bits per heavy atom. The third-order valence-electron chi connectivity index (χ3n) is 1.90. The zero-order valence-corrected chi connectivity index (χ0v) is 9.84. The van der Waals surface area contributed by atoms with E-state index in [1.807, 2.05) is 0 Å². The van der Waals surface area contributed by atoms with Gasteiger partial charge in [0.2, 0.25) is 0 Å². The molecule has 0 bridgehead atoms. The molecular formula is C9H5F7O2S. The summed E-state index contributed by atoms with van der Waals surface area (Å²) in [7, 11) is 0. The monoisotopic (exact) mass is 310 g/mol. The van der Waals surface area contributed by atoms with Crippen molar-refractivity contribution in [2.45, 2.75) is 25.1 Å². The van der Waals surface area contributed by atoms with Crippen molar-refractivity contribution >= 4 is 17.1 Å². The zero-order chi connectivity index (χ0) is 15.1. The molecule has 0 fully saturated rings. The summed E-state index contributed by atoms with van der Waals surface area (Å²) in [6.45, 7) is 1.05. The van der Waals surface area contributed by atoms with Crippen molar-refractivity contribution in [2.75, 3.05) is 0 Å². The number of alkyl halides is 7. The van der Waals surface area contributed by atoms with Crippen LogP contribution in [0.3, 0.4) is 0 Å². The standard InChI is InChI=1S/C9H5F7O2S/c1-4(17)5-2-3-6(19-5)18-7(10,8(11,12)13)9(14,15)16/h2-3H,1H3. The van der Waals surface area contributed by atoms with Gasteiger partial charge in [0, 0.05) is 0 Å². The van der Waals surface area contributed by atoms with Crippen LogP contribution >= 0.6 is 11.3 Å². The summed E-state index contributed by atoms with van der Waals surface area (Å²) in [6, 6.07) is 1.60. The fourth-order valence-electron chi connectivity index (χ4n) is 0.979. The fraction of sp³-hybridized carbons (Fsp3) is 0.444. The van der Waals surface area contributed by atoms with Gasteiger partial charge in [0.15, 0.2) is 10.8 Å². The van der Waals surface area contributed by atoms with Crippen molar-refractivity contribution in [3.05, 3.63) is 17.0 Å². The maximum Gasteiger partial charge on any atom is 0.470 e. The molecule has 0 amide bonds. The molecule has 10 heteroatoms. The molecular weight excluding hydrogens is 305 g/mol. The van der Waals surface area contributed by atoms with E-state index in [-0.39, 0.29) is 16.2 Å². The van der Waals surface area contributed by atoms with E-state index in [1.54, 1.807) is 0 Å². The van der Waals surface area contributed by atoms with Gasteiger partial charge in [0.1, 0.15) is 0 Å². The molecule has 0 aromatic carbocycles. The molecule has 0 saturated heterocycles. The van der Waals surface area contributed by atoms with E-state index in [0.717, 1.165) is 13.0 Å². The predicted octanol–water partition coefficient (Wildman–Crippen LogP) is 4.12. The lowest BCUT2D eigenvalue weighted by Gasteiger charge is -2.29. The maximum absolute atomic E-state index is 13.2. The van der Waals surface area contributed by atoms with E-state index in [1.165, 1.54) is 0 Å². The van der Waals surface area contributed by atoms with Gasteiger partial charge < -0.3 is 4.74 Å². The van der Waals surface area contributed by atoms with Gasteiger partial charge in [0.25, 0.3) is 0 Å². The molecule has 1 aromatic rings.